The first-order chi connectivity index (χ1) is 19.8. The van der Waals surface area contributed by atoms with Crippen LogP contribution in [-0.4, -0.2) is 30.7 Å². The zero-order chi connectivity index (χ0) is 27.5. The fourth-order valence-electron chi connectivity index (χ4n) is 5.31. The largest absolute Gasteiger partial charge is 0.374 e. The Morgan fingerprint density at radius 2 is 1.05 bits per heavy atom. The first-order valence-corrected chi connectivity index (χ1v) is 13.8. The molecule has 0 amide bonds. The minimum atomic E-state index is -0.883. The molecule has 5 nitrogen and oxygen atoms in total. The number of rotatable bonds is 14. The van der Waals surface area contributed by atoms with Crippen molar-refractivity contribution < 1.29 is 23.7 Å². The monoisotopic (exact) mass is 536 g/mol. The van der Waals surface area contributed by atoms with Gasteiger partial charge in [-0.3, -0.25) is 0 Å². The van der Waals surface area contributed by atoms with Gasteiger partial charge in [0.2, 0.25) is 0 Å². The summed E-state index contributed by atoms with van der Waals surface area (Å²) in [6, 6.07) is 40.1. The molecule has 1 fully saturated rings. The van der Waals surface area contributed by atoms with E-state index in [4.69, 9.17) is 18.9 Å². The van der Waals surface area contributed by atoms with E-state index in [1.807, 2.05) is 121 Å². The van der Waals surface area contributed by atoms with Crippen molar-refractivity contribution in [3.63, 3.8) is 0 Å². The standard InChI is InChI=1S/C35H36O5/c36-22-32-21-35(40-26-31-19-11-4-12-20-31,27-37-23-28-13-5-1-6-14-28)34(39-25-30-17-9-3-10-18-30)33(32)38-24-29-15-7-2-8-16-29/h1-20,22,32-34H,21,23-27H2/t32?,33-,34+,35+/m1/s1. The van der Waals surface area contributed by atoms with Crippen molar-refractivity contribution in [1.82, 2.24) is 0 Å². The van der Waals surface area contributed by atoms with E-state index in [1.54, 1.807) is 0 Å². The van der Waals surface area contributed by atoms with Crippen LogP contribution in [0.3, 0.4) is 0 Å². The first-order valence-electron chi connectivity index (χ1n) is 13.8. The summed E-state index contributed by atoms with van der Waals surface area (Å²) < 4.78 is 26.2. The second kappa shape index (κ2) is 14.1. The number of aldehydes is 1. The highest BCUT2D eigenvalue weighted by Gasteiger charge is 2.56. The molecule has 40 heavy (non-hydrogen) atoms. The molecule has 1 aliphatic carbocycles. The molecule has 0 spiro atoms. The number of carbonyl (C=O) groups excluding carboxylic acids is 1. The Kier molecular flexibility index (Phi) is 9.88. The molecule has 0 heterocycles. The summed E-state index contributed by atoms with van der Waals surface area (Å²) in [6.07, 6.45) is 0.416. The van der Waals surface area contributed by atoms with Crippen LogP contribution >= 0.6 is 0 Å². The lowest BCUT2D eigenvalue weighted by Crippen LogP contribution is -2.50. The van der Waals surface area contributed by atoms with Gasteiger partial charge in [0.25, 0.3) is 0 Å². The van der Waals surface area contributed by atoms with E-state index in [1.165, 1.54) is 0 Å². The number of hydrogen-bond donors (Lipinski definition) is 0. The Balaban J connectivity index is 1.42. The van der Waals surface area contributed by atoms with Crippen LogP contribution in [-0.2, 0) is 50.2 Å². The second-order valence-electron chi connectivity index (χ2n) is 10.3. The maximum atomic E-state index is 12.5. The molecular weight excluding hydrogens is 500 g/mol. The Morgan fingerprint density at radius 3 is 1.55 bits per heavy atom. The third-order valence-corrected chi connectivity index (χ3v) is 7.38. The van der Waals surface area contributed by atoms with Crippen molar-refractivity contribution in [2.75, 3.05) is 6.61 Å². The summed E-state index contributed by atoms with van der Waals surface area (Å²) in [6.45, 7) is 1.82. The third-order valence-electron chi connectivity index (χ3n) is 7.38. The molecule has 1 saturated carbocycles. The molecule has 0 saturated heterocycles. The summed E-state index contributed by atoms with van der Waals surface area (Å²) in [7, 11) is 0. The summed E-state index contributed by atoms with van der Waals surface area (Å²) >= 11 is 0. The maximum absolute atomic E-state index is 12.5. The molecule has 206 valence electrons. The van der Waals surface area contributed by atoms with E-state index in [-0.39, 0.29) is 6.61 Å². The molecular formula is C35H36O5. The highest BCUT2D eigenvalue weighted by Crippen LogP contribution is 2.43. The molecule has 1 unspecified atom stereocenters. The SMILES string of the molecule is O=CC1C[C@@](COCc2ccccc2)(OCc2ccccc2)[C@@H](OCc2ccccc2)[C@@H]1OCc1ccccc1. The molecule has 0 bridgehead atoms. The van der Waals surface area contributed by atoms with E-state index in [0.717, 1.165) is 28.5 Å². The molecule has 0 radical (unpaired) electrons. The fourth-order valence-corrected chi connectivity index (χ4v) is 5.31. The molecule has 0 aromatic heterocycles. The number of benzene rings is 4. The van der Waals surface area contributed by atoms with E-state index in [2.05, 4.69) is 0 Å². The van der Waals surface area contributed by atoms with Crippen molar-refractivity contribution in [1.29, 1.82) is 0 Å². The maximum Gasteiger partial charge on any atom is 0.125 e. The van der Waals surface area contributed by atoms with E-state index in [0.29, 0.717) is 32.8 Å². The van der Waals surface area contributed by atoms with Gasteiger partial charge >= 0.3 is 0 Å². The Morgan fingerprint density at radius 1 is 0.600 bits per heavy atom. The molecule has 5 heteroatoms. The molecule has 4 atom stereocenters. The van der Waals surface area contributed by atoms with E-state index < -0.39 is 23.7 Å². The first kappa shape index (κ1) is 27.9. The minimum absolute atomic E-state index is 0.268. The second-order valence-corrected chi connectivity index (χ2v) is 10.3. The molecule has 0 N–H and O–H groups in total. The lowest BCUT2D eigenvalue weighted by molar-refractivity contribution is -0.196. The van der Waals surface area contributed by atoms with Crippen LogP contribution in [0.25, 0.3) is 0 Å². The van der Waals surface area contributed by atoms with E-state index >= 15 is 0 Å². The summed E-state index contributed by atoms with van der Waals surface area (Å²) in [5.41, 5.74) is 3.32. The lowest BCUT2D eigenvalue weighted by atomic mass is 9.98. The molecule has 4 aromatic rings. The number of carbonyl (C=O) groups is 1. The molecule has 1 aliphatic rings. The number of hydrogen-bond acceptors (Lipinski definition) is 5. The van der Waals surface area contributed by atoms with Crippen molar-refractivity contribution >= 4 is 6.29 Å². The van der Waals surface area contributed by atoms with Crippen molar-refractivity contribution in [2.24, 2.45) is 5.92 Å². The van der Waals surface area contributed by atoms with Crippen molar-refractivity contribution in [2.45, 2.75) is 50.7 Å². The van der Waals surface area contributed by atoms with Gasteiger partial charge in [0.15, 0.2) is 0 Å². The van der Waals surface area contributed by atoms with Crippen LogP contribution in [0, 0.1) is 5.92 Å². The predicted molar refractivity (Wildman–Crippen MR) is 154 cm³/mol. The topological polar surface area (TPSA) is 54.0 Å². The Hall–Kier alpha value is -3.61. The van der Waals surface area contributed by atoms with Gasteiger partial charge in [-0.1, -0.05) is 121 Å². The van der Waals surface area contributed by atoms with Crippen molar-refractivity contribution in [3.8, 4) is 0 Å². The molecule has 4 aromatic carbocycles. The summed E-state index contributed by atoms with van der Waals surface area (Å²) in [5.74, 6) is -0.402. The Labute approximate surface area is 236 Å². The van der Waals surface area contributed by atoms with Gasteiger partial charge in [0, 0.05) is 5.92 Å². The van der Waals surface area contributed by atoms with E-state index in [9.17, 15) is 4.79 Å². The summed E-state index contributed by atoms with van der Waals surface area (Å²) in [5, 5.41) is 0. The smallest absolute Gasteiger partial charge is 0.125 e. The molecule has 5 rings (SSSR count). The van der Waals surface area contributed by atoms with Crippen LogP contribution in [0.1, 0.15) is 28.7 Å². The van der Waals surface area contributed by atoms with Gasteiger partial charge in [-0.05, 0) is 28.7 Å². The van der Waals surface area contributed by atoms with Crippen molar-refractivity contribution in [3.05, 3.63) is 144 Å². The number of ether oxygens (including phenoxy) is 4. The van der Waals surface area contributed by atoms with Crippen LogP contribution in [0.4, 0.5) is 0 Å². The highest BCUT2D eigenvalue weighted by atomic mass is 16.6. The lowest BCUT2D eigenvalue weighted by Gasteiger charge is -2.37. The molecule has 0 aliphatic heterocycles. The van der Waals surface area contributed by atoms with Gasteiger partial charge in [0.05, 0.1) is 39.1 Å². The Bertz CT molecular complexity index is 1280. The average molecular weight is 537 g/mol. The van der Waals surface area contributed by atoms with Crippen LogP contribution in [0.5, 0.6) is 0 Å². The zero-order valence-electron chi connectivity index (χ0n) is 22.6. The quantitative estimate of drug-likeness (QED) is 0.171. The predicted octanol–water partition coefficient (Wildman–Crippen LogP) is 6.55. The van der Waals surface area contributed by atoms with Crippen LogP contribution in [0.2, 0.25) is 0 Å². The summed E-state index contributed by atoms with van der Waals surface area (Å²) in [4.78, 5) is 12.5. The van der Waals surface area contributed by atoms with Gasteiger partial charge in [-0.15, -0.1) is 0 Å². The van der Waals surface area contributed by atoms with Gasteiger partial charge in [-0.2, -0.15) is 0 Å². The highest BCUT2D eigenvalue weighted by molar-refractivity contribution is 5.56. The normalized spacial score (nSPS) is 22.2. The van der Waals surface area contributed by atoms with Gasteiger partial charge in [-0.25, -0.2) is 0 Å². The van der Waals surface area contributed by atoms with Crippen LogP contribution < -0.4 is 0 Å². The fraction of sp³-hybridized carbons (Fsp3) is 0.286. The van der Waals surface area contributed by atoms with Gasteiger partial charge in [0.1, 0.15) is 18.0 Å². The third kappa shape index (κ3) is 7.32. The minimum Gasteiger partial charge on any atom is -0.374 e. The average Bonchev–Trinajstić information content (AvgIpc) is 3.32. The zero-order valence-corrected chi connectivity index (χ0v) is 22.6. The van der Waals surface area contributed by atoms with Gasteiger partial charge < -0.3 is 23.7 Å². The van der Waals surface area contributed by atoms with Crippen LogP contribution in [0.15, 0.2) is 121 Å².